The Balaban J connectivity index is 3.12. The lowest BCUT2D eigenvalue weighted by Crippen LogP contribution is -2.36. The minimum absolute atomic E-state index is 0.130. The number of aliphatic carboxylic acids is 1. The van der Waals surface area contributed by atoms with Gasteiger partial charge in [-0.15, -0.1) is 0 Å². The molecule has 1 rings (SSSR count). The lowest BCUT2D eigenvalue weighted by molar-refractivity contribution is -0.135. The molecule has 0 amide bonds. The molecule has 0 bridgehead atoms. The summed E-state index contributed by atoms with van der Waals surface area (Å²) in [6.45, 7) is 0.924. The molecule has 0 spiro atoms. The van der Waals surface area contributed by atoms with Crippen LogP contribution in [0.25, 0.3) is 0 Å². The van der Waals surface area contributed by atoms with Gasteiger partial charge in [0, 0.05) is 0 Å². The lowest BCUT2D eigenvalue weighted by Gasteiger charge is -2.21. The van der Waals surface area contributed by atoms with Crippen molar-refractivity contribution in [3.63, 3.8) is 0 Å². The monoisotopic (exact) mass is 243 g/mol. The molecule has 0 aliphatic heterocycles. The third-order valence-corrected chi connectivity index (χ3v) is 3.76. The van der Waals surface area contributed by atoms with Crippen molar-refractivity contribution in [3.05, 3.63) is 30.3 Å². The van der Waals surface area contributed by atoms with Crippen LogP contribution in [-0.4, -0.2) is 31.8 Å². The number of nitrogens with zero attached hydrogens (tertiary/aromatic N) is 1. The highest BCUT2D eigenvalue weighted by Gasteiger charge is 2.22. The molecule has 88 valence electrons. The topological polar surface area (TPSA) is 74.7 Å². The van der Waals surface area contributed by atoms with Crippen molar-refractivity contribution in [2.45, 2.75) is 6.92 Å². The van der Waals surface area contributed by atoms with Gasteiger partial charge in [0.25, 0.3) is 0 Å². The Labute approximate surface area is 94.4 Å². The number of hydrogen-bond donors (Lipinski definition) is 1. The van der Waals surface area contributed by atoms with Gasteiger partial charge in [0.1, 0.15) is 6.54 Å². The highest BCUT2D eigenvalue weighted by molar-refractivity contribution is 7.92. The summed E-state index contributed by atoms with van der Waals surface area (Å²) in [6, 6.07) is 8.19. The van der Waals surface area contributed by atoms with Crippen LogP contribution in [0.3, 0.4) is 0 Å². The lowest BCUT2D eigenvalue weighted by atomic mass is 10.3. The van der Waals surface area contributed by atoms with Crippen LogP contribution in [0, 0.1) is 0 Å². The van der Waals surface area contributed by atoms with Gasteiger partial charge < -0.3 is 5.11 Å². The summed E-state index contributed by atoms with van der Waals surface area (Å²) < 4.78 is 24.3. The van der Waals surface area contributed by atoms with E-state index >= 15 is 0 Å². The second-order valence-electron chi connectivity index (χ2n) is 3.14. The summed E-state index contributed by atoms with van der Waals surface area (Å²) in [7, 11) is -3.56. The molecule has 0 saturated carbocycles. The molecule has 0 atom stereocenters. The fraction of sp³-hybridized carbons (Fsp3) is 0.300. The summed E-state index contributed by atoms with van der Waals surface area (Å²) in [4.78, 5) is 10.6. The summed E-state index contributed by atoms with van der Waals surface area (Å²) in [5.41, 5.74) is 0.367. The zero-order valence-corrected chi connectivity index (χ0v) is 9.64. The van der Waals surface area contributed by atoms with Crippen molar-refractivity contribution in [2.75, 3.05) is 16.6 Å². The van der Waals surface area contributed by atoms with Gasteiger partial charge >= 0.3 is 5.97 Å². The molecule has 6 heteroatoms. The van der Waals surface area contributed by atoms with Crippen LogP contribution >= 0.6 is 0 Å². The highest BCUT2D eigenvalue weighted by Crippen LogP contribution is 2.17. The molecule has 1 aromatic carbocycles. The first-order valence-corrected chi connectivity index (χ1v) is 6.35. The number of sulfonamides is 1. The minimum Gasteiger partial charge on any atom is -0.480 e. The maximum absolute atomic E-state index is 11.7. The van der Waals surface area contributed by atoms with Crippen molar-refractivity contribution in [3.8, 4) is 0 Å². The van der Waals surface area contributed by atoms with Gasteiger partial charge in [-0.2, -0.15) is 0 Å². The third-order valence-electron chi connectivity index (χ3n) is 2.02. The van der Waals surface area contributed by atoms with E-state index in [0.29, 0.717) is 5.69 Å². The van der Waals surface area contributed by atoms with E-state index in [-0.39, 0.29) is 5.75 Å². The van der Waals surface area contributed by atoms with E-state index in [1.165, 1.54) is 6.92 Å². The quantitative estimate of drug-likeness (QED) is 0.834. The smallest absolute Gasteiger partial charge is 0.324 e. The van der Waals surface area contributed by atoms with E-state index in [1.807, 2.05) is 0 Å². The first-order valence-electron chi connectivity index (χ1n) is 4.74. The molecule has 0 aliphatic rings. The van der Waals surface area contributed by atoms with Crippen LogP contribution in [-0.2, 0) is 14.8 Å². The Kier molecular flexibility index (Phi) is 3.89. The van der Waals surface area contributed by atoms with Crippen molar-refractivity contribution >= 4 is 21.7 Å². The number of para-hydroxylation sites is 1. The van der Waals surface area contributed by atoms with Gasteiger partial charge in [0.2, 0.25) is 10.0 Å². The van der Waals surface area contributed by atoms with Gasteiger partial charge in [-0.25, -0.2) is 8.42 Å². The molecule has 0 unspecified atom stereocenters. The third kappa shape index (κ3) is 2.96. The molecule has 0 aliphatic carbocycles. The van der Waals surface area contributed by atoms with E-state index in [2.05, 4.69) is 0 Å². The predicted molar refractivity (Wildman–Crippen MR) is 60.9 cm³/mol. The number of rotatable bonds is 5. The largest absolute Gasteiger partial charge is 0.480 e. The molecule has 5 nitrogen and oxygen atoms in total. The molecule has 0 radical (unpaired) electrons. The van der Waals surface area contributed by atoms with Gasteiger partial charge in [-0.1, -0.05) is 18.2 Å². The molecule has 0 heterocycles. The van der Waals surface area contributed by atoms with E-state index in [4.69, 9.17) is 5.11 Å². The Hall–Kier alpha value is -1.56. The average Bonchev–Trinajstić information content (AvgIpc) is 2.27. The van der Waals surface area contributed by atoms with E-state index < -0.39 is 22.5 Å². The molecule has 0 fully saturated rings. The SMILES string of the molecule is CCS(=O)(=O)N(CC(=O)O)c1ccccc1. The molecular weight excluding hydrogens is 230 g/mol. The van der Waals surface area contributed by atoms with Crippen molar-refractivity contribution < 1.29 is 18.3 Å². The van der Waals surface area contributed by atoms with Crippen LogP contribution in [0.4, 0.5) is 5.69 Å². The standard InChI is InChI=1S/C10H13NO4S/c1-2-16(14,15)11(8-10(12)13)9-6-4-3-5-7-9/h3-7H,2,8H2,1H3,(H,12,13). The van der Waals surface area contributed by atoms with Gasteiger partial charge in [-0.3, -0.25) is 9.10 Å². The Morgan fingerprint density at radius 1 is 1.31 bits per heavy atom. The van der Waals surface area contributed by atoms with E-state index in [0.717, 1.165) is 4.31 Å². The first kappa shape index (κ1) is 12.5. The fourth-order valence-electron chi connectivity index (χ4n) is 1.22. The first-order chi connectivity index (χ1) is 7.47. The fourth-order valence-corrected chi connectivity index (χ4v) is 2.28. The molecule has 0 aromatic heterocycles. The molecule has 0 saturated heterocycles. The van der Waals surface area contributed by atoms with Gasteiger partial charge in [-0.05, 0) is 19.1 Å². The Morgan fingerprint density at radius 2 is 1.88 bits per heavy atom. The van der Waals surface area contributed by atoms with Gasteiger partial charge in [0.15, 0.2) is 0 Å². The Bertz CT molecular complexity index is 455. The number of carbonyl (C=O) groups is 1. The summed E-state index contributed by atoms with van der Waals surface area (Å²) in [6.07, 6.45) is 0. The normalized spacial score (nSPS) is 11.1. The highest BCUT2D eigenvalue weighted by atomic mass is 32.2. The molecular formula is C10H13NO4S. The summed E-state index contributed by atoms with van der Waals surface area (Å²) in [5.74, 6) is -1.31. The maximum atomic E-state index is 11.7. The van der Waals surface area contributed by atoms with Crippen molar-refractivity contribution in [1.29, 1.82) is 0 Å². The molecule has 1 aromatic rings. The van der Waals surface area contributed by atoms with Crippen LogP contribution in [0.2, 0.25) is 0 Å². The van der Waals surface area contributed by atoms with Crippen LogP contribution < -0.4 is 4.31 Å². The maximum Gasteiger partial charge on any atom is 0.324 e. The zero-order valence-electron chi connectivity index (χ0n) is 8.83. The Morgan fingerprint density at radius 3 is 2.31 bits per heavy atom. The minimum atomic E-state index is -3.56. The number of carboxylic acid groups (broad SMARTS) is 1. The molecule has 1 N–H and O–H groups in total. The number of hydrogen-bond acceptors (Lipinski definition) is 3. The van der Waals surface area contributed by atoms with E-state index in [9.17, 15) is 13.2 Å². The molecule has 16 heavy (non-hydrogen) atoms. The second-order valence-corrected chi connectivity index (χ2v) is 5.32. The average molecular weight is 243 g/mol. The van der Waals surface area contributed by atoms with E-state index in [1.54, 1.807) is 30.3 Å². The van der Waals surface area contributed by atoms with Crippen LogP contribution in [0.15, 0.2) is 30.3 Å². The number of anilines is 1. The number of carboxylic acids is 1. The second kappa shape index (κ2) is 4.98. The zero-order chi connectivity index (χ0) is 12.2. The predicted octanol–water partition coefficient (Wildman–Crippen LogP) is 0.927. The van der Waals surface area contributed by atoms with Crippen molar-refractivity contribution in [2.24, 2.45) is 0 Å². The summed E-state index contributed by atoms with van der Waals surface area (Å²) >= 11 is 0. The van der Waals surface area contributed by atoms with Gasteiger partial charge in [0.05, 0.1) is 11.4 Å². The van der Waals surface area contributed by atoms with Crippen LogP contribution in [0.1, 0.15) is 6.92 Å². The summed E-state index contributed by atoms with van der Waals surface area (Å²) in [5, 5.41) is 8.70. The van der Waals surface area contributed by atoms with Crippen LogP contribution in [0.5, 0.6) is 0 Å². The van der Waals surface area contributed by atoms with Crippen molar-refractivity contribution in [1.82, 2.24) is 0 Å². The number of benzene rings is 1.